The molecule has 17 heavy (non-hydrogen) atoms. The Balaban J connectivity index is 2.99. The van der Waals surface area contributed by atoms with Crippen LogP contribution in [0.25, 0.3) is 0 Å². The van der Waals surface area contributed by atoms with E-state index >= 15 is 0 Å². The van der Waals surface area contributed by atoms with Gasteiger partial charge in [-0.25, -0.2) is 0 Å². The first-order valence-corrected chi connectivity index (χ1v) is 6.05. The third-order valence-electron chi connectivity index (χ3n) is 3.69. The first-order chi connectivity index (χ1) is 7.57. The average Bonchev–Trinajstić information content (AvgIpc) is 2.36. The second-order valence-electron chi connectivity index (χ2n) is 6.25. The summed E-state index contributed by atoms with van der Waals surface area (Å²) in [7, 11) is 3.08. The van der Waals surface area contributed by atoms with Gasteiger partial charge >= 0.3 is 0 Å². The summed E-state index contributed by atoms with van der Waals surface area (Å²) in [4.78, 5) is 0. The normalized spacial score (nSPS) is 30.5. The minimum Gasteiger partial charge on any atom is -0.384 e. The van der Waals surface area contributed by atoms with Crippen LogP contribution in [0.3, 0.4) is 0 Å². The molecule has 0 spiro atoms. The highest BCUT2D eigenvalue weighted by Gasteiger charge is 2.56. The maximum atomic E-state index is 10.7. The summed E-state index contributed by atoms with van der Waals surface area (Å²) in [5.41, 5.74) is -1.72. The lowest BCUT2D eigenvalue weighted by atomic mass is 9.75. The topological polar surface area (TPSA) is 47.9 Å². The van der Waals surface area contributed by atoms with Gasteiger partial charge in [0, 0.05) is 20.1 Å². The van der Waals surface area contributed by atoms with E-state index in [0.717, 1.165) is 6.42 Å². The molecule has 0 aromatic heterocycles. The third-order valence-corrected chi connectivity index (χ3v) is 3.69. The van der Waals surface area contributed by atoms with Crippen molar-refractivity contribution in [3.05, 3.63) is 0 Å². The molecule has 1 aliphatic heterocycles. The summed E-state index contributed by atoms with van der Waals surface area (Å²) >= 11 is 0. The summed E-state index contributed by atoms with van der Waals surface area (Å²) in [5, 5.41) is 10.7. The van der Waals surface area contributed by atoms with E-state index in [1.807, 2.05) is 27.7 Å². The van der Waals surface area contributed by atoms with E-state index in [-0.39, 0.29) is 11.5 Å². The van der Waals surface area contributed by atoms with Crippen molar-refractivity contribution in [2.45, 2.75) is 64.1 Å². The van der Waals surface area contributed by atoms with Gasteiger partial charge in [0.15, 0.2) is 6.29 Å². The van der Waals surface area contributed by atoms with E-state index in [0.29, 0.717) is 0 Å². The van der Waals surface area contributed by atoms with Gasteiger partial charge in [-0.15, -0.1) is 0 Å². The van der Waals surface area contributed by atoms with Crippen LogP contribution in [0.1, 0.15) is 41.0 Å². The Morgan fingerprint density at radius 1 is 1.24 bits per heavy atom. The molecule has 1 N–H and O–H groups in total. The minimum absolute atomic E-state index is 0.0464. The van der Waals surface area contributed by atoms with Crippen molar-refractivity contribution in [1.82, 2.24) is 0 Å². The molecule has 1 rings (SSSR count). The van der Waals surface area contributed by atoms with Gasteiger partial charge in [-0.1, -0.05) is 0 Å². The summed E-state index contributed by atoms with van der Waals surface area (Å²) in [6, 6.07) is 0. The molecule has 1 saturated heterocycles. The number of hydrogen-bond acceptors (Lipinski definition) is 4. The van der Waals surface area contributed by atoms with Gasteiger partial charge in [0.2, 0.25) is 0 Å². The molecule has 1 fully saturated rings. The van der Waals surface area contributed by atoms with Gasteiger partial charge in [0.1, 0.15) is 5.60 Å². The molecule has 1 heterocycles. The zero-order valence-electron chi connectivity index (χ0n) is 12.0. The van der Waals surface area contributed by atoms with Crippen LogP contribution in [0, 0.1) is 5.92 Å². The molecule has 2 unspecified atom stereocenters. The van der Waals surface area contributed by atoms with E-state index < -0.39 is 17.5 Å². The van der Waals surface area contributed by atoms with Crippen LogP contribution in [-0.2, 0) is 14.2 Å². The molecular weight excluding hydrogens is 220 g/mol. The SMILES string of the molecule is COC(OC)C(C)(O)C1CC(C)(C)OC1(C)C. The summed E-state index contributed by atoms with van der Waals surface area (Å²) in [5.74, 6) is -0.0464. The van der Waals surface area contributed by atoms with Gasteiger partial charge < -0.3 is 19.3 Å². The van der Waals surface area contributed by atoms with Crippen LogP contribution in [0.4, 0.5) is 0 Å². The van der Waals surface area contributed by atoms with Gasteiger partial charge in [-0.2, -0.15) is 0 Å². The molecule has 4 nitrogen and oxygen atoms in total. The Morgan fingerprint density at radius 3 is 2.00 bits per heavy atom. The molecule has 1 aliphatic rings. The number of hydrogen-bond donors (Lipinski definition) is 1. The third kappa shape index (κ3) is 2.81. The molecule has 0 aliphatic carbocycles. The van der Waals surface area contributed by atoms with Gasteiger partial charge in [0.05, 0.1) is 11.2 Å². The Labute approximate surface area is 104 Å². The molecule has 2 atom stereocenters. The maximum absolute atomic E-state index is 10.7. The van der Waals surface area contributed by atoms with Crippen molar-refractivity contribution in [2.24, 2.45) is 5.92 Å². The van der Waals surface area contributed by atoms with Crippen LogP contribution in [0.2, 0.25) is 0 Å². The molecule has 4 heteroatoms. The van der Waals surface area contributed by atoms with Gasteiger partial charge in [-0.05, 0) is 41.0 Å². The summed E-state index contributed by atoms with van der Waals surface area (Å²) in [6.07, 6.45) is 0.125. The summed E-state index contributed by atoms with van der Waals surface area (Å²) < 4.78 is 16.4. The van der Waals surface area contributed by atoms with Crippen molar-refractivity contribution in [3.63, 3.8) is 0 Å². The largest absolute Gasteiger partial charge is 0.384 e. The van der Waals surface area contributed by atoms with Crippen LogP contribution in [-0.4, -0.2) is 42.4 Å². The van der Waals surface area contributed by atoms with E-state index in [1.165, 1.54) is 14.2 Å². The van der Waals surface area contributed by atoms with E-state index in [4.69, 9.17) is 14.2 Å². The minimum atomic E-state index is -1.08. The predicted molar refractivity (Wildman–Crippen MR) is 65.8 cm³/mol. The number of methoxy groups -OCH3 is 2. The van der Waals surface area contributed by atoms with E-state index in [9.17, 15) is 5.11 Å². The van der Waals surface area contributed by atoms with Crippen LogP contribution >= 0.6 is 0 Å². The first kappa shape index (κ1) is 14.9. The fourth-order valence-corrected chi connectivity index (χ4v) is 3.21. The number of ether oxygens (including phenoxy) is 3. The highest BCUT2D eigenvalue weighted by Crippen LogP contribution is 2.48. The lowest BCUT2D eigenvalue weighted by Gasteiger charge is -2.40. The predicted octanol–water partition coefficient (Wildman–Crippen LogP) is 1.95. The average molecular weight is 246 g/mol. The lowest BCUT2D eigenvalue weighted by Crippen LogP contribution is -2.53. The van der Waals surface area contributed by atoms with Crippen molar-refractivity contribution < 1.29 is 19.3 Å². The Kier molecular flexibility index (Phi) is 3.94. The van der Waals surface area contributed by atoms with Crippen molar-refractivity contribution >= 4 is 0 Å². The Morgan fingerprint density at radius 2 is 1.71 bits per heavy atom. The fourth-order valence-electron chi connectivity index (χ4n) is 3.21. The standard InChI is InChI=1S/C13H26O4/c1-11(2)8-9(12(3,4)17-11)13(5,14)10(15-6)16-7/h9-10,14H,8H2,1-7H3. The highest BCUT2D eigenvalue weighted by molar-refractivity contribution is 5.03. The smallest absolute Gasteiger partial charge is 0.185 e. The maximum Gasteiger partial charge on any atom is 0.185 e. The molecule has 0 aromatic carbocycles. The second kappa shape index (κ2) is 4.50. The van der Waals surface area contributed by atoms with Crippen LogP contribution < -0.4 is 0 Å². The molecule has 0 radical (unpaired) electrons. The van der Waals surface area contributed by atoms with E-state index in [2.05, 4.69) is 0 Å². The molecule has 102 valence electrons. The molecule has 0 aromatic rings. The molecule has 0 amide bonds. The van der Waals surface area contributed by atoms with Crippen molar-refractivity contribution in [3.8, 4) is 0 Å². The molecule has 0 saturated carbocycles. The Bertz CT molecular complexity index is 267. The Hall–Kier alpha value is -0.160. The highest BCUT2D eigenvalue weighted by atomic mass is 16.7. The van der Waals surface area contributed by atoms with Crippen LogP contribution in [0.5, 0.6) is 0 Å². The second-order valence-corrected chi connectivity index (χ2v) is 6.25. The zero-order valence-corrected chi connectivity index (χ0v) is 12.0. The van der Waals surface area contributed by atoms with Crippen LogP contribution in [0.15, 0.2) is 0 Å². The quantitative estimate of drug-likeness (QED) is 0.770. The monoisotopic (exact) mass is 246 g/mol. The molecule has 0 bridgehead atoms. The van der Waals surface area contributed by atoms with Crippen molar-refractivity contribution in [1.29, 1.82) is 0 Å². The van der Waals surface area contributed by atoms with Gasteiger partial charge in [-0.3, -0.25) is 0 Å². The van der Waals surface area contributed by atoms with Crippen molar-refractivity contribution in [2.75, 3.05) is 14.2 Å². The molecular formula is C13H26O4. The first-order valence-electron chi connectivity index (χ1n) is 6.05. The zero-order chi connectivity index (χ0) is 13.5. The fraction of sp³-hybridized carbons (Fsp3) is 1.00. The van der Waals surface area contributed by atoms with E-state index in [1.54, 1.807) is 6.92 Å². The summed E-state index contributed by atoms with van der Waals surface area (Å²) in [6.45, 7) is 9.84. The lowest BCUT2D eigenvalue weighted by molar-refractivity contribution is -0.240. The number of aliphatic hydroxyl groups is 1. The van der Waals surface area contributed by atoms with Gasteiger partial charge in [0.25, 0.3) is 0 Å². The number of rotatable bonds is 4.